The summed E-state index contributed by atoms with van der Waals surface area (Å²) in [5.41, 5.74) is 1.63. The number of carbonyl (C=O) groups excluding carboxylic acids is 2. The molecule has 0 radical (unpaired) electrons. The van der Waals surface area contributed by atoms with Gasteiger partial charge in [0, 0.05) is 26.2 Å². The Morgan fingerprint density at radius 2 is 1.89 bits per heavy atom. The number of sulfonamides is 1. The van der Waals surface area contributed by atoms with Gasteiger partial charge in [0.25, 0.3) is 5.91 Å². The molecular weight excluding hydrogens is 402 g/mol. The summed E-state index contributed by atoms with van der Waals surface area (Å²) in [5.74, 6) is -0.951. The zero-order valence-electron chi connectivity index (χ0n) is 15.6. The summed E-state index contributed by atoms with van der Waals surface area (Å²) < 4.78 is 29.5. The quantitative estimate of drug-likeness (QED) is 0.674. The number of aryl methyl sites for hydroxylation is 1. The first kappa shape index (κ1) is 20.4. The van der Waals surface area contributed by atoms with Gasteiger partial charge >= 0.3 is 5.97 Å². The minimum Gasteiger partial charge on any atom is -0.452 e. The van der Waals surface area contributed by atoms with E-state index < -0.39 is 16.0 Å². The van der Waals surface area contributed by atoms with Crippen molar-refractivity contribution in [3.05, 3.63) is 40.9 Å². The molecule has 1 fully saturated rings. The van der Waals surface area contributed by atoms with Crippen LogP contribution in [0, 0.1) is 6.92 Å². The fraction of sp³-hybridized carbons (Fsp3) is 0.389. The third-order valence-corrected chi connectivity index (χ3v) is 6.66. The topological polar surface area (TPSA) is 96.9 Å². The number of ether oxygens (including phenoxy) is 1. The van der Waals surface area contributed by atoms with Crippen LogP contribution in [0.25, 0.3) is 10.6 Å². The Labute approximate surface area is 167 Å². The van der Waals surface area contributed by atoms with Crippen molar-refractivity contribution in [3.8, 4) is 10.6 Å². The summed E-state index contributed by atoms with van der Waals surface area (Å²) in [6, 6.07) is 7.28. The molecule has 10 heteroatoms. The number of hydrogen-bond acceptors (Lipinski definition) is 7. The average molecular weight is 424 g/mol. The fourth-order valence-electron chi connectivity index (χ4n) is 2.90. The summed E-state index contributed by atoms with van der Waals surface area (Å²) in [5, 5.41) is 1.95. The van der Waals surface area contributed by atoms with Crippen molar-refractivity contribution >= 4 is 33.2 Å². The lowest BCUT2D eigenvalue weighted by atomic mass is 10.2. The van der Waals surface area contributed by atoms with E-state index in [9.17, 15) is 18.0 Å². The van der Waals surface area contributed by atoms with Crippen LogP contribution in [0.2, 0.25) is 0 Å². The summed E-state index contributed by atoms with van der Waals surface area (Å²) >= 11 is 1.56. The fourth-order valence-corrected chi connectivity index (χ4v) is 4.43. The van der Waals surface area contributed by atoms with Crippen molar-refractivity contribution in [2.75, 3.05) is 39.0 Å². The van der Waals surface area contributed by atoms with Crippen LogP contribution in [0.15, 0.2) is 29.6 Å². The third-order valence-electron chi connectivity index (χ3n) is 4.47. The zero-order chi connectivity index (χ0) is 20.3. The molecule has 0 aliphatic carbocycles. The summed E-state index contributed by atoms with van der Waals surface area (Å²) in [4.78, 5) is 31.5. The summed E-state index contributed by atoms with van der Waals surface area (Å²) in [6.45, 7) is 2.38. The molecule has 1 saturated heterocycles. The van der Waals surface area contributed by atoms with Crippen molar-refractivity contribution in [1.82, 2.24) is 14.2 Å². The Balaban J connectivity index is 1.55. The second kappa shape index (κ2) is 8.38. The smallest absolute Gasteiger partial charge is 0.340 e. The molecular formula is C18H21N3O5S2. The number of nitrogens with zero attached hydrogens (tertiary/aromatic N) is 3. The maximum Gasteiger partial charge on any atom is 0.340 e. The van der Waals surface area contributed by atoms with E-state index in [1.54, 1.807) is 30.4 Å². The molecule has 0 saturated carbocycles. The van der Waals surface area contributed by atoms with Crippen LogP contribution in [-0.2, 0) is 19.6 Å². The lowest BCUT2D eigenvalue weighted by Crippen LogP contribution is -2.51. The zero-order valence-corrected chi connectivity index (χ0v) is 17.3. The van der Waals surface area contributed by atoms with E-state index in [0.29, 0.717) is 11.3 Å². The van der Waals surface area contributed by atoms with Gasteiger partial charge in [0.05, 0.1) is 28.1 Å². The SMILES string of the molecule is Cc1nc(-c2cccs2)ccc1C(=O)OCC(=O)N1CCN(S(C)(=O)=O)CC1. The van der Waals surface area contributed by atoms with Gasteiger partial charge in [0.15, 0.2) is 6.61 Å². The Kier molecular flexibility index (Phi) is 6.11. The van der Waals surface area contributed by atoms with Gasteiger partial charge in [0.2, 0.25) is 10.0 Å². The van der Waals surface area contributed by atoms with Crippen LogP contribution >= 0.6 is 11.3 Å². The van der Waals surface area contributed by atoms with Crippen molar-refractivity contribution in [3.63, 3.8) is 0 Å². The van der Waals surface area contributed by atoms with Crippen molar-refractivity contribution in [1.29, 1.82) is 0 Å². The first-order valence-electron chi connectivity index (χ1n) is 8.67. The van der Waals surface area contributed by atoms with Crippen molar-refractivity contribution in [2.45, 2.75) is 6.92 Å². The lowest BCUT2D eigenvalue weighted by molar-refractivity contribution is -0.135. The van der Waals surface area contributed by atoms with E-state index >= 15 is 0 Å². The molecule has 150 valence electrons. The third kappa shape index (κ3) is 4.75. The number of pyridine rings is 1. The Bertz CT molecular complexity index is 965. The van der Waals surface area contributed by atoms with Gasteiger partial charge in [-0.15, -0.1) is 11.3 Å². The Hall–Kier alpha value is -2.30. The number of rotatable bonds is 5. The number of amides is 1. The summed E-state index contributed by atoms with van der Waals surface area (Å²) in [6.07, 6.45) is 1.15. The van der Waals surface area contributed by atoms with E-state index in [-0.39, 0.29) is 38.7 Å². The first-order valence-corrected chi connectivity index (χ1v) is 11.4. The van der Waals surface area contributed by atoms with Crippen LogP contribution < -0.4 is 0 Å². The molecule has 1 amide bonds. The molecule has 2 aromatic heterocycles. The second-order valence-electron chi connectivity index (χ2n) is 6.43. The standard InChI is InChI=1S/C18H21N3O5S2/c1-13-14(5-6-15(19-13)16-4-3-11-27-16)18(23)26-12-17(22)20-7-9-21(10-8-20)28(2,24)25/h3-6,11H,7-10,12H2,1-2H3. The minimum absolute atomic E-state index is 0.242. The molecule has 2 aromatic rings. The van der Waals surface area contributed by atoms with Gasteiger partial charge in [-0.25, -0.2) is 13.2 Å². The largest absolute Gasteiger partial charge is 0.452 e. The molecule has 0 aromatic carbocycles. The molecule has 0 N–H and O–H groups in total. The van der Waals surface area contributed by atoms with E-state index in [1.807, 2.05) is 17.5 Å². The number of thiophene rings is 1. The molecule has 0 unspecified atom stereocenters. The number of esters is 1. The molecule has 3 heterocycles. The number of hydrogen-bond donors (Lipinski definition) is 0. The molecule has 0 spiro atoms. The molecule has 0 bridgehead atoms. The van der Waals surface area contributed by atoms with Gasteiger partial charge < -0.3 is 9.64 Å². The highest BCUT2D eigenvalue weighted by molar-refractivity contribution is 7.88. The maximum absolute atomic E-state index is 12.3. The monoisotopic (exact) mass is 423 g/mol. The minimum atomic E-state index is -3.26. The molecule has 1 aliphatic rings. The van der Waals surface area contributed by atoms with Gasteiger partial charge in [-0.2, -0.15) is 4.31 Å². The van der Waals surface area contributed by atoms with Crippen LogP contribution in [0.1, 0.15) is 16.1 Å². The number of piperazine rings is 1. The maximum atomic E-state index is 12.3. The van der Waals surface area contributed by atoms with Gasteiger partial charge in [0.1, 0.15) is 0 Å². The number of carbonyl (C=O) groups is 2. The predicted molar refractivity (Wildman–Crippen MR) is 106 cm³/mol. The van der Waals surface area contributed by atoms with Crippen molar-refractivity contribution < 1.29 is 22.7 Å². The normalized spacial score (nSPS) is 15.4. The second-order valence-corrected chi connectivity index (χ2v) is 9.36. The summed E-state index contributed by atoms with van der Waals surface area (Å²) in [7, 11) is -3.26. The van der Waals surface area contributed by atoms with Crippen molar-refractivity contribution in [2.24, 2.45) is 0 Å². The first-order chi connectivity index (χ1) is 13.3. The lowest BCUT2D eigenvalue weighted by Gasteiger charge is -2.33. The van der Waals surface area contributed by atoms with Crippen LogP contribution in [-0.4, -0.2) is 73.5 Å². The van der Waals surface area contributed by atoms with Crippen LogP contribution in [0.5, 0.6) is 0 Å². The molecule has 8 nitrogen and oxygen atoms in total. The number of aromatic nitrogens is 1. The predicted octanol–water partition coefficient (Wildman–Crippen LogP) is 1.38. The highest BCUT2D eigenvalue weighted by Crippen LogP contribution is 2.24. The average Bonchev–Trinajstić information content (AvgIpc) is 3.20. The van der Waals surface area contributed by atoms with E-state index in [0.717, 1.165) is 16.8 Å². The van der Waals surface area contributed by atoms with Gasteiger partial charge in [-0.1, -0.05) is 6.07 Å². The molecule has 28 heavy (non-hydrogen) atoms. The van der Waals surface area contributed by atoms with Gasteiger partial charge in [-0.3, -0.25) is 9.78 Å². The molecule has 3 rings (SSSR count). The van der Waals surface area contributed by atoms with E-state index in [2.05, 4.69) is 4.98 Å². The molecule has 0 atom stereocenters. The van der Waals surface area contributed by atoms with Crippen LogP contribution in [0.4, 0.5) is 0 Å². The molecule has 1 aliphatic heterocycles. The van der Waals surface area contributed by atoms with Crippen LogP contribution in [0.3, 0.4) is 0 Å². The Morgan fingerprint density at radius 1 is 1.18 bits per heavy atom. The Morgan fingerprint density at radius 3 is 2.46 bits per heavy atom. The highest BCUT2D eigenvalue weighted by Gasteiger charge is 2.26. The highest BCUT2D eigenvalue weighted by atomic mass is 32.2. The van der Waals surface area contributed by atoms with E-state index in [1.165, 1.54) is 9.21 Å². The van der Waals surface area contributed by atoms with E-state index in [4.69, 9.17) is 4.74 Å². The van der Waals surface area contributed by atoms with Gasteiger partial charge in [-0.05, 0) is 30.5 Å².